The van der Waals surface area contributed by atoms with E-state index in [1.165, 1.54) is 109 Å². The van der Waals surface area contributed by atoms with Gasteiger partial charge in [0.05, 0.1) is 0 Å². The number of hydrogen-bond donors (Lipinski definition) is 0. The van der Waals surface area contributed by atoms with Crippen molar-refractivity contribution in [3.63, 3.8) is 0 Å². The number of rotatable bonds is 9. The number of halogens is 2. The van der Waals surface area contributed by atoms with Crippen LogP contribution in [-0.2, 0) is 20.4 Å². The van der Waals surface area contributed by atoms with Gasteiger partial charge in [-0.25, -0.2) is 0 Å². The first kappa shape index (κ1) is 55.1. The predicted molar refractivity (Wildman–Crippen MR) is 263 cm³/mol. The molecule has 9 aliphatic rings. The van der Waals surface area contributed by atoms with Gasteiger partial charge in [-0.15, -0.1) is 0 Å². The van der Waals surface area contributed by atoms with Gasteiger partial charge in [-0.05, 0) is 167 Å². The summed E-state index contributed by atoms with van der Waals surface area (Å²) in [5, 5.41) is 0. The molecule has 0 amide bonds. The first-order chi connectivity index (χ1) is 28.3. The average molecular weight is 1020 g/mol. The SMILES string of the molecule is C1CCC(P(C2CCCCC2)C2CCCCC2)CC1.C1CCC(P(C2CCCCC2)C2CCCCC2)CC1.C1CCC(P(C2CCCCC2)C2CCCCC2)CC1.[Cl-].[Cl-].[Pd+2]. The summed E-state index contributed by atoms with van der Waals surface area (Å²) in [4.78, 5) is 0. The molecule has 9 aliphatic carbocycles. The Balaban J connectivity index is 0.000000194. The fourth-order valence-corrected chi connectivity index (χ4v) is 29.1. The van der Waals surface area contributed by atoms with Crippen LogP contribution in [0.2, 0.25) is 0 Å². The van der Waals surface area contributed by atoms with Crippen molar-refractivity contribution >= 4 is 23.8 Å². The fourth-order valence-electron chi connectivity index (χ4n) is 15.1. The molecule has 0 atom stereocenters. The molecule has 0 N–H and O–H groups in total. The van der Waals surface area contributed by atoms with Crippen LogP contribution in [-0.4, -0.2) is 50.9 Å². The van der Waals surface area contributed by atoms with Crippen LogP contribution in [0.15, 0.2) is 0 Å². The first-order valence-corrected chi connectivity index (χ1v) is 32.3. The monoisotopic (exact) mass is 1020 g/mol. The van der Waals surface area contributed by atoms with Crippen LogP contribution in [0.4, 0.5) is 0 Å². The molecule has 0 aromatic rings. The van der Waals surface area contributed by atoms with E-state index in [0.717, 1.165) is 0 Å². The van der Waals surface area contributed by atoms with Gasteiger partial charge in [-0.2, -0.15) is 0 Å². The van der Waals surface area contributed by atoms with Gasteiger partial charge in [-0.3, -0.25) is 0 Å². The Kier molecular flexibility index (Phi) is 29.7. The van der Waals surface area contributed by atoms with E-state index < -0.39 is 0 Å². The van der Waals surface area contributed by atoms with Crippen molar-refractivity contribution < 1.29 is 45.2 Å². The van der Waals surface area contributed by atoms with Gasteiger partial charge in [0, 0.05) is 0 Å². The molecule has 0 saturated heterocycles. The van der Waals surface area contributed by atoms with Crippen molar-refractivity contribution in [2.45, 2.75) is 340 Å². The minimum absolute atomic E-state index is 0. The Bertz CT molecular complexity index is 753. The van der Waals surface area contributed by atoms with Gasteiger partial charge in [0.2, 0.25) is 0 Å². The van der Waals surface area contributed by atoms with E-state index in [9.17, 15) is 0 Å². The molecule has 0 aromatic carbocycles. The van der Waals surface area contributed by atoms with Gasteiger partial charge >= 0.3 is 20.4 Å². The molecule has 0 spiro atoms. The molecule has 0 nitrogen and oxygen atoms in total. The summed E-state index contributed by atoms with van der Waals surface area (Å²) < 4.78 is 0. The molecule has 354 valence electrons. The molecule has 0 radical (unpaired) electrons. The molecule has 60 heavy (non-hydrogen) atoms. The van der Waals surface area contributed by atoms with E-state index in [1.54, 1.807) is 231 Å². The normalized spacial score (nSPS) is 27.4. The summed E-state index contributed by atoms with van der Waals surface area (Å²) in [5.41, 5.74) is 10.7. The fraction of sp³-hybridized carbons (Fsp3) is 1.00. The van der Waals surface area contributed by atoms with Crippen LogP contribution in [0.3, 0.4) is 0 Å². The standard InChI is InChI=1S/3C18H33P.2ClH.Pd/c3*1-4-10-16(11-5-1)19(17-12-6-2-7-13-17)18-14-8-3-9-15-18;;;/h3*16-18H,1-15H2;2*1H;/q;;;;;+2/p-2. The van der Waals surface area contributed by atoms with Gasteiger partial charge in [0.15, 0.2) is 0 Å². The minimum atomic E-state index is 0. The Morgan fingerprint density at radius 3 is 0.317 bits per heavy atom. The van der Waals surface area contributed by atoms with E-state index in [0.29, 0.717) is 23.8 Å². The predicted octanol–water partition coefficient (Wildman–Crippen LogP) is 13.4. The zero-order valence-electron chi connectivity index (χ0n) is 39.4. The molecule has 0 bridgehead atoms. The van der Waals surface area contributed by atoms with Crippen molar-refractivity contribution in [2.75, 3.05) is 0 Å². The third-order valence-corrected chi connectivity index (χ3v) is 30.2. The molecule has 0 aromatic heterocycles. The van der Waals surface area contributed by atoms with E-state index >= 15 is 0 Å². The molecule has 9 saturated carbocycles. The van der Waals surface area contributed by atoms with Crippen LogP contribution in [0.25, 0.3) is 0 Å². The van der Waals surface area contributed by atoms with Gasteiger partial charge < -0.3 is 24.8 Å². The molecule has 9 fully saturated rings. The van der Waals surface area contributed by atoms with Crippen LogP contribution in [0.5, 0.6) is 0 Å². The Labute approximate surface area is 406 Å². The molecular weight excluding hydrogens is 919 g/mol. The maximum atomic E-state index is 1.61. The smallest absolute Gasteiger partial charge is 1.00 e. The number of hydrogen-bond acceptors (Lipinski definition) is 0. The van der Waals surface area contributed by atoms with E-state index in [4.69, 9.17) is 0 Å². The average Bonchev–Trinajstić information content (AvgIpc) is 3.30. The minimum Gasteiger partial charge on any atom is -1.00 e. The van der Waals surface area contributed by atoms with Crippen molar-refractivity contribution in [1.29, 1.82) is 0 Å². The zero-order chi connectivity index (χ0) is 38.7. The zero-order valence-corrected chi connectivity index (χ0v) is 45.2. The van der Waals surface area contributed by atoms with Crippen molar-refractivity contribution in [2.24, 2.45) is 0 Å². The van der Waals surface area contributed by atoms with Crippen molar-refractivity contribution in [1.82, 2.24) is 0 Å². The maximum Gasteiger partial charge on any atom is 2.00 e. The summed E-state index contributed by atoms with van der Waals surface area (Å²) in [6, 6.07) is 0. The molecule has 0 heterocycles. The summed E-state index contributed by atoms with van der Waals surface area (Å²) in [5.74, 6) is 0. The van der Waals surface area contributed by atoms with Gasteiger partial charge in [0.25, 0.3) is 0 Å². The second-order valence-electron chi connectivity index (χ2n) is 22.0. The largest absolute Gasteiger partial charge is 2.00 e. The second-order valence-corrected chi connectivity index (χ2v) is 31.2. The molecule has 9 rings (SSSR count). The van der Waals surface area contributed by atoms with E-state index in [2.05, 4.69) is 0 Å². The summed E-state index contributed by atoms with van der Waals surface area (Å²) in [7, 11) is 1.15. The van der Waals surface area contributed by atoms with Crippen LogP contribution >= 0.6 is 23.8 Å². The summed E-state index contributed by atoms with van der Waals surface area (Å²) in [6.07, 6.45) is 70.9. The molecule has 0 unspecified atom stereocenters. The second kappa shape index (κ2) is 32.3. The van der Waals surface area contributed by atoms with Crippen LogP contribution in [0, 0.1) is 0 Å². The molecule has 6 heteroatoms. The van der Waals surface area contributed by atoms with Crippen LogP contribution in [0.1, 0.15) is 289 Å². The summed E-state index contributed by atoms with van der Waals surface area (Å²) in [6.45, 7) is 0. The Hall–Kier alpha value is 2.53. The van der Waals surface area contributed by atoms with Gasteiger partial charge in [-0.1, -0.05) is 197 Å². The molecule has 0 aliphatic heterocycles. The quantitative estimate of drug-likeness (QED) is 0.159. The van der Waals surface area contributed by atoms with Gasteiger partial charge in [0.1, 0.15) is 0 Å². The van der Waals surface area contributed by atoms with Crippen LogP contribution < -0.4 is 24.8 Å². The third-order valence-electron chi connectivity index (χ3n) is 18.0. The van der Waals surface area contributed by atoms with E-state index in [-0.39, 0.29) is 45.2 Å². The first-order valence-electron chi connectivity index (χ1n) is 27.7. The Morgan fingerprint density at radius 1 is 0.150 bits per heavy atom. The van der Waals surface area contributed by atoms with Crippen molar-refractivity contribution in [3.8, 4) is 0 Å². The topological polar surface area (TPSA) is 0 Å². The summed E-state index contributed by atoms with van der Waals surface area (Å²) >= 11 is 0. The third kappa shape index (κ3) is 17.6. The molecular formula is C54H99Cl2P3Pd. The Morgan fingerprint density at radius 2 is 0.233 bits per heavy atom. The van der Waals surface area contributed by atoms with E-state index in [1.807, 2.05) is 0 Å². The maximum absolute atomic E-state index is 1.61. The van der Waals surface area contributed by atoms with Crippen molar-refractivity contribution in [3.05, 3.63) is 0 Å².